The minimum absolute atomic E-state index is 0.0259. The van der Waals surface area contributed by atoms with E-state index in [-0.39, 0.29) is 11.7 Å². The fraction of sp³-hybridized carbons (Fsp3) is 0.238. The monoisotopic (exact) mass is 444 g/mol. The molecule has 2 aromatic rings. The molecule has 0 radical (unpaired) electrons. The van der Waals surface area contributed by atoms with Crippen LogP contribution in [0.5, 0.6) is 11.5 Å². The van der Waals surface area contributed by atoms with Gasteiger partial charge in [-0.15, -0.1) is 0 Å². The van der Waals surface area contributed by atoms with Gasteiger partial charge in [0.05, 0.1) is 18.9 Å². The number of nitrogens with zero attached hydrogens (tertiary/aromatic N) is 1. The van der Waals surface area contributed by atoms with Crippen molar-refractivity contribution in [3.8, 4) is 11.5 Å². The van der Waals surface area contributed by atoms with E-state index in [0.717, 1.165) is 10.9 Å². The summed E-state index contributed by atoms with van der Waals surface area (Å²) in [6.45, 7) is 3.96. The number of nitrogens with one attached hydrogen (secondary N) is 1. The van der Waals surface area contributed by atoms with Gasteiger partial charge in [0.15, 0.2) is 11.5 Å². The maximum Gasteiger partial charge on any atom is 0.282 e. The smallest absolute Gasteiger partial charge is 0.282 e. The van der Waals surface area contributed by atoms with Gasteiger partial charge in [0.2, 0.25) is 0 Å². The molecule has 0 unspecified atom stereocenters. The Kier molecular flexibility index (Phi) is 6.04. The van der Waals surface area contributed by atoms with Gasteiger partial charge in [-0.05, 0) is 43.7 Å². The molecule has 0 aliphatic carbocycles. The Hall–Kier alpha value is -2.80. The molecule has 2 amide bonds. The third-order valence-corrected chi connectivity index (χ3v) is 4.83. The molecule has 0 bridgehead atoms. The number of anilines is 1. The van der Waals surface area contributed by atoms with Crippen LogP contribution in [-0.4, -0.2) is 25.0 Å². The van der Waals surface area contributed by atoms with Crippen LogP contribution >= 0.6 is 15.9 Å². The third kappa shape index (κ3) is 4.04. The van der Waals surface area contributed by atoms with Gasteiger partial charge >= 0.3 is 0 Å². The molecule has 1 N–H and O–H groups in total. The van der Waals surface area contributed by atoms with Crippen molar-refractivity contribution >= 4 is 39.5 Å². The average molecular weight is 445 g/mol. The molecule has 6 nitrogen and oxygen atoms in total. The van der Waals surface area contributed by atoms with E-state index in [1.54, 1.807) is 43.5 Å². The van der Waals surface area contributed by atoms with Crippen molar-refractivity contribution in [3.05, 3.63) is 58.1 Å². The Morgan fingerprint density at radius 1 is 1.21 bits per heavy atom. The first kappa shape index (κ1) is 19.9. The zero-order chi connectivity index (χ0) is 20.3. The second kappa shape index (κ2) is 8.48. The minimum Gasteiger partial charge on any atom is -0.493 e. The lowest BCUT2D eigenvalue weighted by Gasteiger charge is -2.18. The van der Waals surface area contributed by atoms with Crippen LogP contribution in [0.4, 0.5) is 5.69 Å². The van der Waals surface area contributed by atoms with Gasteiger partial charge in [-0.1, -0.05) is 41.1 Å². The van der Waals surface area contributed by atoms with Gasteiger partial charge in [0, 0.05) is 10.0 Å². The van der Waals surface area contributed by atoms with E-state index in [9.17, 15) is 9.59 Å². The van der Waals surface area contributed by atoms with Gasteiger partial charge in [-0.3, -0.25) is 15.0 Å². The highest BCUT2D eigenvalue weighted by Crippen LogP contribution is 2.37. The fourth-order valence-electron chi connectivity index (χ4n) is 2.73. The van der Waals surface area contributed by atoms with Crippen LogP contribution in [0.15, 0.2) is 52.5 Å². The van der Waals surface area contributed by atoms with Gasteiger partial charge in [0.25, 0.3) is 11.8 Å². The minimum atomic E-state index is -0.470. The summed E-state index contributed by atoms with van der Waals surface area (Å²) in [6.07, 6.45) is 2.28. The van der Waals surface area contributed by atoms with Crippen molar-refractivity contribution in [2.24, 2.45) is 0 Å². The number of carbonyl (C=O) groups excluding carboxylic acids is 2. The first-order valence-electron chi connectivity index (χ1n) is 8.91. The van der Waals surface area contributed by atoms with Gasteiger partial charge in [-0.2, -0.15) is 0 Å². The summed E-state index contributed by atoms with van der Waals surface area (Å²) in [4.78, 5) is 25.3. The first-order valence-corrected chi connectivity index (χ1v) is 9.70. The Bertz CT molecular complexity index is 928. The molecular weight excluding hydrogens is 424 g/mol. The van der Waals surface area contributed by atoms with Crippen LogP contribution in [0.25, 0.3) is 6.08 Å². The molecule has 1 aliphatic heterocycles. The summed E-state index contributed by atoms with van der Waals surface area (Å²) in [5.74, 6) is 0.116. The standard InChI is InChI=1S/C21H21BrN2O4/c1-4-13(2)28-19-14(10-15(22)12-18(19)27-3)11-17-20(25)23-24(21(17)26)16-8-6-5-7-9-16/h5-13H,4H2,1-3H3,(H,23,25)/b17-11+/t13-/m1/s1. The van der Waals surface area contributed by atoms with E-state index in [0.29, 0.717) is 22.7 Å². The zero-order valence-electron chi connectivity index (χ0n) is 15.9. The van der Waals surface area contributed by atoms with E-state index in [4.69, 9.17) is 9.47 Å². The summed E-state index contributed by atoms with van der Waals surface area (Å²) < 4.78 is 12.2. The van der Waals surface area contributed by atoms with Crippen LogP contribution in [0, 0.1) is 0 Å². The van der Waals surface area contributed by atoms with Crippen molar-refractivity contribution in [3.63, 3.8) is 0 Å². The summed E-state index contributed by atoms with van der Waals surface area (Å²) in [7, 11) is 1.55. The molecule has 1 heterocycles. The third-order valence-electron chi connectivity index (χ3n) is 4.37. The van der Waals surface area contributed by atoms with E-state index >= 15 is 0 Å². The molecule has 0 aromatic heterocycles. The van der Waals surface area contributed by atoms with E-state index < -0.39 is 11.8 Å². The number of carbonyl (C=O) groups is 2. The fourth-order valence-corrected chi connectivity index (χ4v) is 3.18. The number of rotatable bonds is 6. The van der Waals surface area contributed by atoms with E-state index in [1.165, 1.54) is 11.1 Å². The van der Waals surface area contributed by atoms with Gasteiger partial charge in [0.1, 0.15) is 5.57 Å². The molecule has 146 valence electrons. The molecular formula is C21H21BrN2O4. The quantitative estimate of drug-likeness (QED) is 0.537. The maximum absolute atomic E-state index is 12.8. The van der Waals surface area contributed by atoms with E-state index in [2.05, 4.69) is 21.4 Å². The highest BCUT2D eigenvalue weighted by Gasteiger charge is 2.34. The molecule has 3 rings (SSSR count). The Morgan fingerprint density at radius 3 is 2.57 bits per heavy atom. The van der Waals surface area contributed by atoms with Crippen molar-refractivity contribution in [2.45, 2.75) is 26.4 Å². The summed E-state index contributed by atoms with van der Waals surface area (Å²) >= 11 is 3.44. The lowest BCUT2D eigenvalue weighted by molar-refractivity contribution is -0.117. The second-order valence-electron chi connectivity index (χ2n) is 6.34. The van der Waals surface area contributed by atoms with Crippen molar-refractivity contribution < 1.29 is 19.1 Å². The number of benzene rings is 2. The van der Waals surface area contributed by atoms with Crippen LogP contribution < -0.4 is 19.9 Å². The van der Waals surface area contributed by atoms with Crippen molar-refractivity contribution in [1.29, 1.82) is 0 Å². The Balaban J connectivity index is 2.04. The lowest BCUT2D eigenvalue weighted by Crippen LogP contribution is -2.35. The second-order valence-corrected chi connectivity index (χ2v) is 7.25. The summed E-state index contributed by atoms with van der Waals surface area (Å²) in [5, 5.41) is 1.23. The lowest BCUT2D eigenvalue weighted by atomic mass is 10.1. The van der Waals surface area contributed by atoms with E-state index in [1.807, 2.05) is 19.9 Å². The van der Waals surface area contributed by atoms with Crippen LogP contribution in [0.1, 0.15) is 25.8 Å². The Morgan fingerprint density at radius 2 is 1.93 bits per heavy atom. The normalized spacial score (nSPS) is 16.3. The van der Waals surface area contributed by atoms with Crippen LogP contribution in [-0.2, 0) is 9.59 Å². The molecule has 7 heteroatoms. The number of halogens is 1. The summed E-state index contributed by atoms with van der Waals surface area (Å²) in [6, 6.07) is 12.5. The number of hydrogen-bond donors (Lipinski definition) is 1. The predicted octanol–water partition coefficient (Wildman–Crippen LogP) is 4.10. The number of hydrogen-bond acceptors (Lipinski definition) is 4. The first-order chi connectivity index (χ1) is 13.4. The number of para-hydroxylation sites is 1. The van der Waals surface area contributed by atoms with Crippen LogP contribution in [0.2, 0.25) is 0 Å². The van der Waals surface area contributed by atoms with Crippen molar-refractivity contribution in [2.75, 3.05) is 12.1 Å². The van der Waals surface area contributed by atoms with Crippen LogP contribution in [0.3, 0.4) is 0 Å². The SMILES string of the molecule is CC[C@@H](C)Oc1c(/C=C2\C(=O)NN(c3ccccc3)C2=O)cc(Br)cc1OC. The molecule has 0 saturated carbocycles. The molecule has 1 fully saturated rings. The van der Waals surface area contributed by atoms with Crippen molar-refractivity contribution in [1.82, 2.24) is 5.43 Å². The molecule has 28 heavy (non-hydrogen) atoms. The topological polar surface area (TPSA) is 67.9 Å². The molecule has 1 aliphatic rings. The largest absolute Gasteiger partial charge is 0.493 e. The zero-order valence-corrected chi connectivity index (χ0v) is 17.4. The Labute approximate surface area is 172 Å². The molecule has 1 atom stereocenters. The number of hydrazine groups is 1. The number of amides is 2. The highest BCUT2D eigenvalue weighted by molar-refractivity contribution is 9.10. The number of methoxy groups -OCH3 is 1. The summed E-state index contributed by atoms with van der Waals surface area (Å²) in [5.41, 5.74) is 3.80. The highest BCUT2D eigenvalue weighted by atomic mass is 79.9. The molecule has 2 aromatic carbocycles. The molecule has 0 spiro atoms. The average Bonchev–Trinajstić information content (AvgIpc) is 2.98. The molecule has 1 saturated heterocycles. The maximum atomic E-state index is 12.8. The van der Waals surface area contributed by atoms with Gasteiger partial charge in [-0.25, -0.2) is 5.01 Å². The van der Waals surface area contributed by atoms with Gasteiger partial charge < -0.3 is 9.47 Å². The predicted molar refractivity (Wildman–Crippen MR) is 111 cm³/mol. The number of ether oxygens (including phenoxy) is 2.